The zero-order chi connectivity index (χ0) is 9.26. The molecule has 3 nitrogen and oxygen atoms in total. The van der Waals surface area contributed by atoms with Crippen LogP contribution in [-0.2, 0) is 0 Å². The minimum Gasteiger partial charge on any atom is -0.365 e. The van der Waals surface area contributed by atoms with Gasteiger partial charge in [-0.2, -0.15) is 0 Å². The summed E-state index contributed by atoms with van der Waals surface area (Å²) in [6.07, 6.45) is 9.84. The fourth-order valence-electron chi connectivity index (χ4n) is 1.33. The first-order valence-electron chi connectivity index (χ1n) is 4.04. The van der Waals surface area contributed by atoms with E-state index in [2.05, 4.69) is 20.8 Å². The van der Waals surface area contributed by atoms with Crippen LogP contribution in [0.3, 0.4) is 0 Å². The molecule has 68 valence electrons. The number of aryl methyl sites for hydroxylation is 1. The van der Waals surface area contributed by atoms with Gasteiger partial charge in [-0.1, -0.05) is 0 Å². The monoisotopic (exact) mass is 193 g/mol. The summed E-state index contributed by atoms with van der Waals surface area (Å²) in [6, 6.07) is 0. The zero-order valence-electron chi connectivity index (χ0n) is 7.61. The maximum Gasteiger partial charge on any atom is 0.110 e. The van der Waals surface area contributed by atoms with Gasteiger partial charge in [-0.15, -0.1) is 11.8 Å². The molecule has 0 atom stereocenters. The summed E-state index contributed by atoms with van der Waals surface area (Å²) in [5, 5.41) is 0. The van der Waals surface area contributed by atoms with Crippen molar-refractivity contribution in [3.05, 3.63) is 30.6 Å². The van der Waals surface area contributed by atoms with Crippen LogP contribution in [-0.4, -0.2) is 20.8 Å². The van der Waals surface area contributed by atoms with Gasteiger partial charge >= 0.3 is 0 Å². The Kier molecular flexibility index (Phi) is 2.14. The number of thioether (sulfide) groups is 1. The first-order chi connectivity index (χ1) is 6.33. The van der Waals surface area contributed by atoms with Gasteiger partial charge in [0.15, 0.2) is 0 Å². The van der Waals surface area contributed by atoms with Crippen LogP contribution in [0.25, 0.3) is 5.69 Å². The Hall–Kier alpha value is -1.16. The highest BCUT2D eigenvalue weighted by Crippen LogP contribution is 2.23. The van der Waals surface area contributed by atoms with Crippen molar-refractivity contribution in [2.75, 3.05) is 6.26 Å². The highest BCUT2D eigenvalue weighted by Gasteiger charge is 2.05. The predicted octanol–water partition coefficient (Wildman–Crippen LogP) is 2.23. The topological polar surface area (TPSA) is 33.6 Å². The second-order valence-electron chi connectivity index (χ2n) is 2.75. The molecule has 1 N–H and O–H groups in total. The normalized spacial score (nSPS) is 10.6. The third-order valence-electron chi connectivity index (χ3n) is 1.99. The first kappa shape index (κ1) is 8.44. The zero-order valence-corrected chi connectivity index (χ0v) is 8.43. The number of nitrogens with one attached hydrogen (secondary N) is 1. The van der Waals surface area contributed by atoms with E-state index in [1.165, 1.54) is 10.6 Å². The van der Waals surface area contributed by atoms with E-state index in [0.29, 0.717) is 0 Å². The lowest BCUT2D eigenvalue weighted by molar-refractivity contribution is 0.959. The molecule has 0 spiro atoms. The maximum absolute atomic E-state index is 4.19. The van der Waals surface area contributed by atoms with Crippen LogP contribution in [0.4, 0.5) is 0 Å². The summed E-state index contributed by atoms with van der Waals surface area (Å²) in [5.74, 6) is 1.01. The molecule has 2 aromatic rings. The molecule has 13 heavy (non-hydrogen) atoms. The molecule has 0 saturated carbocycles. The molecule has 0 bridgehead atoms. The van der Waals surface area contributed by atoms with Gasteiger partial charge in [0.1, 0.15) is 5.82 Å². The van der Waals surface area contributed by atoms with Crippen LogP contribution in [0.2, 0.25) is 0 Å². The highest BCUT2D eigenvalue weighted by atomic mass is 32.2. The number of hydrogen-bond acceptors (Lipinski definition) is 2. The Morgan fingerprint density at radius 2 is 2.31 bits per heavy atom. The number of aromatic amines is 1. The van der Waals surface area contributed by atoms with Gasteiger partial charge in [0.25, 0.3) is 0 Å². The quantitative estimate of drug-likeness (QED) is 0.742. The lowest BCUT2D eigenvalue weighted by atomic mass is 10.5. The van der Waals surface area contributed by atoms with Gasteiger partial charge in [0.2, 0.25) is 0 Å². The minimum atomic E-state index is 1.01. The van der Waals surface area contributed by atoms with Crippen molar-refractivity contribution in [1.82, 2.24) is 14.5 Å². The Balaban J connectivity index is 2.52. The molecule has 2 heterocycles. The number of imidazole rings is 1. The van der Waals surface area contributed by atoms with Crippen molar-refractivity contribution in [3.8, 4) is 5.69 Å². The van der Waals surface area contributed by atoms with Crippen molar-refractivity contribution in [2.24, 2.45) is 0 Å². The number of H-pyrrole nitrogens is 1. The van der Waals surface area contributed by atoms with Gasteiger partial charge in [-0.3, -0.25) is 0 Å². The predicted molar refractivity (Wildman–Crippen MR) is 54.4 cm³/mol. The van der Waals surface area contributed by atoms with Gasteiger partial charge in [-0.25, -0.2) is 4.98 Å². The molecule has 0 aliphatic rings. The second kappa shape index (κ2) is 3.30. The van der Waals surface area contributed by atoms with Crippen molar-refractivity contribution >= 4 is 11.8 Å². The Labute approximate surface area is 81.2 Å². The number of nitrogens with zero attached hydrogens (tertiary/aromatic N) is 2. The summed E-state index contributed by atoms with van der Waals surface area (Å²) >= 11 is 1.73. The van der Waals surface area contributed by atoms with Gasteiger partial charge in [-0.05, 0) is 13.2 Å². The van der Waals surface area contributed by atoms with Gasteiger partial charge in [0, 0.05) is 29.7 Å². The maximum atomic E-state index is 4.19. The van der Waals surface area contributed by atoms with E-state index in [9.17, 15) is 0 Å². The summed E-state index contributed by atoms with van der Waals surface area (Å²) in [6.45, 7) is 2.00. The van der Waals surface area contributed by atoms with E-state index in [1.807, 2.05) is 31.7 Å². The molecule has 0 fully saturated rings. The molecular formula is C9H11N3S. The molecule has 4 heteroatoms. The van der Waals surface area contributed by atoms with Crippen molar-refractivity contribution in [2.45, 2.75) is 11.8 Å². The molecule has 2 rings (SSSR count). The summed E-state index contributed by atoms with van der Waals surface area (Å²) < 4.78 is 2.07. The van der Waals surface area contributed by atoms with Crippen LogP contribution in [0.1, 0.15) is 5.82 Å². The van der Waals surface area contributed by atoms with E-state index < -0.39 is 0 Å². The third kappa shape index (κ3) is 1.37. The summed E-state index contributed by atoms with van der Waals surface area (Å²) in [5.41, 5.74) is 1.17. The average molecular weight is 193 g/mol. The lowest BCUT2D eigenvalue weighted by Crippen LogP contribution is -1.94. The second-order valence-corrected chi connectivity index (χ2v) is 3.60. The Morgan fingerprint density at radius 3 is 2.92 bits per heavy atom. The molecule has 0 radical (unpaired) electrons. The van der Waals surface area contributed by atoms with Crippen LogP contribution in [0, 0.1) is 6.92 Å². The van der Waals surface area contributed by atoms with Crippen molar-refractivity contribution in [1.29, 1.82) is 0 Å². The first-order valence-corrected chi connectivity index (χ1v) is 5.26. The Morgan fingerprint density at radius 1 is 1.46 bits per heavy atom. The van der Waals surface area contributed by atoms with E-state index in [4.69, 9.17) is 0 Å². The molecule has 0 saturated heterocycles. The fraction of sp³-hybridized carbons (Fsp3) is 0.222. The lowest BCUT2D eigenvalue weighted by Gasteiger charge is -2.03. The molecule has 0 amide bonds. The average Bonchev–Trinajstić information content (AvgIpc) is 2.71. The highest BCUT2D eigenvalue weighted by molar-refractivity contribution is 7.98. The molecule has 0 aromatic carbocycles. The van der Waals surface area contributed by atoms with Crippen LogP contribution < -0.4 is 0 Å². The van der Waals surface area contributed by atoms with Crippen molar-refractivity contribution < 1.29 is 0 Å². The largest absolute Gasteiger partial charge is 0.365 e. The smallest absolute Gasteiger partial charge is 0.110 e. The standard InChI is InChI=1S/C9H11N3S/c1-7-11-3-4-12(7)8-5-10-6-9(8)13-2/h3-6,10H,1-2H3. The van der Waals surface area contributed by atoms with Crippen LogP contribution in [0.5, 0.6) is 0 Å². The van der Waals surface area contributed by atoms with E-state index >= 15 is 0 Å². The fourth-order valence-corrected chi connectivity index (χ4v) is 1.88. The van der Waals surface area contributed by atoms with E-state index in [0.717, 1.165) is 5.82 Å². The molecule has 0 unspecified atom stereocenters. The van der Waals surface area contributed by atoms with Crippen LogP contribution in [0.15, 0.2) is 29.7 Å². The third-order valence-corrected chi connectivity index (χ3v) is 2.76. The van der Waals surface area contributed by atoms with Crippen LogP contribution >= 0.6 is 11.8 Å². The number of rotatable bonds is 2. The molecular weight excluding hydrogens is 182 g/mol. The molecule has 0 aliphatic carbocycles. The number of hydrogen-bond donors (Lipinski definition) is 1. The number of aromatic nitrogens is 3. The molecule has 2 aromatic heterocycles. The minimum absolute atomic E-state index is 1.01. The van der Waals surface area contributed by atoms with Gasteiger partial charge in [0.05, 0.1) is 5.69 Å². The van der Waals surface area contributed by atoms with Gasteiger partial charge < -0.3 is 9.55 Å². The SMILES string of the molecule is CSc1c[nH]cc1-n1ccnc1C. The van der Waals surface area contributed by atoms with Crippen molar-refractivity contribution in [3.63, 3.8) is 0 Å². The van der Waals surface area contributed by atoms with E-state index in [1.54, 1.807) is 11.8 Å². The molecule has 0 aliphatic heterocycles. The Bertz CT molecular complexity index is 402. The summed E-state index contributed by atoms with van der Waals surface area (Å²) in [7, 11) is 0. The summed E-state index contributed by atoms with van der Waals surface area (Å²) in [4.78, 5) is 8.52. The van der Waals surface area contributed by atoms with E-state index in [-0.39, 0.29) is 0 Å².